The number of ketones is 1. The van der Waals surface area contributed by atoms with Gasteiger partial charge in [0, 0.05) is 27.9 Å². The molecule has 1 aliphatic rings. The van der Waals surface area contributed by atoms with Crippen molar-refractivity contribution >= 4 is 17.4 Å². The molecule has 3 heteroatoms. The summed E-state index contributed by atoms with van der Waals surface area (Å²) in [6.07, 6.45) is 0. The highest BCUT2D eigenvalue weighted by Gasteiger charge is 2.29. The Hall–Kier alpha value is -3.20. The third kappa shape index (κ3) is 2.14. The fourth-order valence-electron chi connectivity index (χ4n) is 2.93. The third-order valence-electron chi connectivity index (χ3n) is 3.97. The van der Waals surface area contributed by atoms with Crippen LogP contribution in [0.15, 0.2) is 66.7 Å². The number of carbonyl (C=O) groups excluding carboxylic acids is 2. The molecule has 3 nitrogen and oxygen atoms in total. The first-order chi connectivity index (χ1) is 11.3. The minimum absolute atomic E-state index is 0.0282. The van der Waals surface area contributed by atoms with Crippen molar-refractivity contribution in [3.8, 4) is 11.1 Å². The molecule has 1 radical (unpaired) electrons. The average Bonchev–Trinajstić information content (AvgIpc) is 2.89. The number of carbonyl (C=O) groups is 2. The second kappa shape index (κ2) is 5.21. The van der Waals surface area contributed by atoms with Gasteiger partial charge in [-0.2, -0.15) is 0 Å². The summed E-state index contributed by atoms with van der Waals surface area (Å²) in [6, 6.07) is 22.6. The van der Waals surface area contributed by atoms with Gasteiger partial charge in [0.2, 0.25) is 0 Å². The van der Waals surface area contributed by atoms with Crippen molar-refractivity contribution in [1.29, 1.82) is 0 Å². The van der Waals surface area contributed by atoms with Gasteiger partial charge in [0.25, 0.3) is 5.91 Å². The Morgan fingerprint density at radius 1 is 0.826 bits per heavy atom. The highest BCUT2D eigenvalue weighted by molar-refractivity contribution is 6.25. The van der Waals surface area contributed by atoms with Gasteiger partial charge in [-0.3, -0.25) is 9.59 Å². The first-order valence-corrected chi connectivity index (χ1v) is 7.30. The largest absolute Gasteiger partial charge is 0.322 e. The summed E-state index contributed by atoms with van der Waals surface area (Å²) >= 11 is 0. The Bertz CT molecular complexity index is 929. The van der Waals surface area contributed by atoms with Gasteiger partial charge in [-0.15, -0.1) is 0 Å². The van der Waals surface area contributed by atoms with Gasteiger partial charge < -0.3 is 5.32 Å². The number of hydrogen-bond acceptors (Lipinski definition) is 2. The highest BCUT2D eigenvalue weighted by atomic mass is 16.1. The highest BCUT2D eigenvalue weighted by Crippen LogP contribution is 2.38. The number of fused-ring (bicyclic) bond motifs is 3. The molecule has 0 saturated heterocycles. The molecule has 0 aliphatic heterocycles. The summed E-state index contributed by atoms with van der Waals surface area (Å²) in [7, 11) is 0. The van der Waals surface area contributed by atoms with Crippen molar-refractivity contribution in [3.05, 3.63) is 89.5 Å². The van der Waals surface area contributed by atoms with Crippen LogP contribution in [0.5, 0.6) is 0 Å². The van der Waals surface area contributed by atoms with E-state index in [2.05, 4.69) is 11.4 Å². The number of nitrogens with one attached hydrogen (secondary N) is 1. The zero-order chi connectivity index (χ0) is 15.8. The molecule has 109 valence electrons. The lowest BCUT2D eigenvalue weighted by atomic mass is 9.99. The zero-order valence-corrected chi connectivity index (χ0v) is 12.2. The first kappa shape index (κ1) is 13.5. The average molecular weight is 298 g/mol. The standard InChI is InChI=1S/C20H12NO2/c22-19-15-10-5-4-9-14(15)18-16(19)11-6-12-17(18)20(23)21-13-7-2-1-3-8-13/h2-12H,(H,21,23). The molecule has 0 unspecified atom stereocenters. The van der Waals surface area contributed by atoms with Crippen molar-refractivity contribution < 1.29 is 9.59 Å². The summed E-state index contributed by atoms with van der Waals surface area (Å²) in [5.74, 6) is -0.253. The Morgan fingerprint density at radius 3 is 2.30 bits per heavy atom. The van der Waals surface area contributed by atoms with Crippen LogP contribution < -0.4 is 5.32 Å². The lowest BCUT2D eigenvalue weighted by Gasteiger charge is -2.09. The monoisotopic (exact) mass is 298 g/mol. The predicted molar refractivity (Wildman–Crippen MR) is 88.5 cm³/mol. The SMILES string of the molecule is O=C(Nc1cc[c]cc1)c1cccc2c1-c1ccccc1C2=O. The molecule has 0 bridgehead atoms. The molecule has 0 fully saturated rings. The van der Waals surface area contributed by atoms with Crippen molar-refractivity contribution in [1.82, 2.24) is 0 Å². The Kier molecular flexibility index (Phi) is 3.05. The van der Waals surface area contributed by atoms with Crippen LogP contribution in [0.3, 0.4) is 0 Å². The fraction of sp³-hybridized carbons (Fsp3) is 0. The number of benzene rings is 3. The second-order valence-corrected chi connectivity index (χ2v) is 5.35. The number of anilines is 1. The molecule has 23 heavy (non-hydrogen) atoms. The maximum absolute atomic E-state index is 12.7. The maximum Gasteiger partial charge on any atom is 0.256 e. The van der Waals surface area contributed by atoms with E-state index < -0.39 is 0 Å². The van der Waals surface area contributed by atoms with E-state index in [1.54, 1.807) is 48.5 Å². The van der Waals surface area contributed by atoms with Gasteiger partial charge in [-0.1, -0.05) is 48.5 Å². The second-order valence-electron chi connectivity index (χ2n) is 5.35. The van der Waals surface area contributed by atoms with Gasteiger partial charge in [-0.05, 0) is 29.8 Å². The van der Waals surface area contributed by atoms with Gasteiger partial charge in [-0.25, -0.2) is 0 Å². The number of amides is 1. The van der Waals surface area contributed by atoms with Crippen molar-refractivity contribution in [2.75, 3.05) is 5.32 Å². The van der Waals surface area contributed by atoms with E-state index in [0.717, 1.165) is 5.56 Å². The molecule has 1 aliphatic carbocycles. The summed E-state index contributed by atoms with van der Waals surface area (Å²) in [5.41, 5.74) is 3.97. The van der Waals surface area contributed by atoms with E-state index in [1.807, 2.05) is 18.2 Å². The van der Waals surface area contributed by atoms with Gasteiger partial charge in [0.15, 0.2) is 5.78 Å². The van der Waals surface area contributed by atoms with Crippen LogP contribution in [0.1, 0.15) is 26.3 Å². The maximum atomic E-state index is 12.7. The minimum atomic E-state index is -0.224. The lowest BCUT2D eigenvalue weighted by molar-refractivity contribution is 0.102. The van der Waals surface area contributed by atoms with Crippen LogP contribution in [0, 0.1) is 6.07 Å². The van der Waals surface area contributed by atoms with E-state index in [0.29, 0.717) is 27.9 Å². The zero-order valence-electron chi connectivity index (χ0n) is 12.2. The molecule has 3 aromatic carbocycles. The van der Waals surface area contributed by atoms with Crippen LogP contribution in [0.2, 0.25) is 0 Å². The van der Waals surface area contributed by atoms with E-state index in [1.165, 1.54) is 0 Å². The molecule has 1 N–H and O–H groups in total. The number of rotatable bonds is 2. The molecule has 0 atom stereocenters. The van der Waals surface area contributed by atoms with Crippen LogP contribution in [0.25, 0.3) is 11.1 Å². The molecule has 0 spiro atoms. The smallest absolute Gasteiger partial charge is 0.256 e. The first-order valence-electron chi connectivity index (χ1n) is 7.30. The summed E-state index contributed by atoms with van der Waals surface area (Å²) in [6.45, 7) is 0. The summed E-state index contributed by atoms with van der Waals surface area (Å²) < 4.78 is 0. The third-order valence-corrected chi connectivity index (χ3v) is 3.97. The van der Waals surface area contributed by atoms with Crippen LogP contribution in [-0.2, 0) is 0 Å². The van der Waals surface area contributed by atoms with E-state index >= 15 is 0 Å². The molecular formula is C20H12NO2. The molecule has 0 aromatic heterocycles. The Labute approximate surface area is 133 Å². The van der Waals surface area contributed by atoms with Crippen LogP contribution >= 0.6 is 0 Å². The summed E-state index contributed by atoms with van der Waals surface area (Å²) in [4.78, 5) is 25.1. The van der Waals surface area contributed by atoms with E-state index in [-0.39, 0.29) is 11.7 Å². The molecule has 1 amide bonds. The predicted octanol–water partition coefficient (Wildman–Crippen LogP) is 3.95. The normalized spacial score (nSPS) is 11.7. The van der Waals surface area contributed by atoms with Crippen molar-refractivity contribution in [2.45, 2.75) is 0 Å². The Balaban J connectivity index is 1.81. The van der Waals surface area contributed by atoms with Gasteiger partial charge in [0.1, 0.15) is 0 Å². The molecule has 0 heterocycles. The van der Waals surface area contributed by atoms with Gasteiger partial charge >= 0.3 is 0 Å². The molecule has 4 rings (SSSR count). The van der Waals surface area contributed by atoms with Crippen molar-refractivity contribution in [3.63, 3.8) is 0 Å². The minimum Gasteiger partial charge on any atom is -0.322 e. The summed E-state index contributed by atoms with van der Waals surface area (Å²) in [5, 5.41) is 2.86. The Morgan fingerprint density at radius 2 is 1.52 bits per heavy atom. The quantitative estimate of drug-likeness (QED) is 0.609. The molecular weight excluding hydrogens is 286 g/mol. The number of hydrogen-bond donors (Lipinski definition) is 1. The van der Waals surface area contributed by atoms with Crippen LogP contribution in [0.4, 0.5) is 5.69 Å². The molecule has 0 saturated carbocycles. The molecule has 3 aromatic rings. The van der Waals surface area contributed by atoms with Crippen molar-refractivity contribution in [2.24, 2.45) is 0 Å². The van der Waals surface area contributed by atoms with Crippen LogP contribution in [-0.4, -0.2) is 11.7 Å². The van der Waals surface area contributed by atoms with E-state index in [4.69, 9.17) is 0 Å². The van der Waals surface area contributed by atoms with Gasteiger partial charge in [0.05, 0.1) is 0 Å². The van der Waals surface area contributed by atoms with E-state index in [9.17, 15) is 9.59 Å². The topological polar surface area (TPSA) is 46.2 Å². The lowest BCUT2D eigenvalue weighted by Crippen LogP contribution is -2.13. The fourth-order valence-corrected chi connectivity index (χ4v) is 2.93.